The highest BCUT2D eigenvalue weighted by molar-refractivity contribution is 5.92. The Morgan fingerprint density at radius 1 is 0.295 bits per heavy atom. The van der Waals surface area contributed by atoms with Gasteiger partial charge in [0.25, 0.3) is 0 Å². The normalized spacial score (nSPS) is 14.4. The van der Waals surface area contributed by atoms with Crippen LogP contribution in [0.25, 0.3) is 89.8 Å². The molecule has 3 aliphatic rings. The van der Waals surface area contributed by atoms with Crippen LogP contribution >= 0.6 is 0 Å². The molecular formula is C58H43N3. The van der Waals surface area contributed by atoms with Crippen molar-refractivity contribution in [1.29, 1.82) is 0 Å². The van der Waals surface area contributed by atoms with Gasteiger partial charge >= 0.3 is 0 Å². The summed E-state index contributed by atoms with van der Waals surface area (Å²) in [5.74, 6) is 2.00. The van der Waals surface area contributed by atoms with Crippen LogP contribution in [-0.4, -0.2) is 15.0 Å². The summed E-state index contributed by atoms with van der Waals surface area (Å²) < 4.78 is 0. The van der Waals surface area contributed by atoms with Crippen molar-refractivity contribution in [2.45, 2.75) is 44.9 Å². The molecule has 3 aliphatic carbocycles. The smallest absolute Gasteiger partial charge is 0.164 e. The molecule has 1 aromatic heterocycles. The zero-order chi connectivity index (χ0) is 41.0. The van der Waals surface area contributed by atoms with Crippen LogP contribution in [0.15, 0.2) is 176 Å². The molecule has 0 saturated heterocycles. The van der Waals surface area contributed by atoms with E-state index >= 15 is 0 Å². The fraction of sp³-hybridized carbons (Fsp3) is 0.121. The van der Waals surface area contributed by atoms with Gasteiger partial charge in [-0.2, -0.15) is 0 Å². The molecule has 1 heterocycles. The molecule has 0 amide bonds. The summed E-state index contributed by atoms with van der Waals surface area (Å²) in [6, 6.07) is 64.1. The lowest BCUT2D eigenvalue weighted by molar-refractivity contribution is 0.660. The lowest BCUT2D eigenvalue weighted by Crippen LogP contribution is -2.15. The Kier molecular flexibility index (Phi) is 7.68. The van der Waals surface area contributed by atoms with Crippen LogP contribution in [0.4, 0.5) is 0 Å². The molecule has 61 heavy (non-hydrogen) atoms. The number of nitrogens with zero attached hydrogens (tertiary/aromatic N) is 3. The molecule has 290 valence electrons. The number of benzene rings is 8. The van der Waals surface area contributed by atoms with E-state index in [1.165, 1.54) is 83.5 Å². The van der Waals surface area contributed by atoms with E-state index < -0.39 is 0 Å². The second-order valence-corrected chi connectivity index (χ2v) is 18.0. The van der Waals surface area contributed by atoms with Crippen LogP contribution in [0.2, 0.25) is 0 Å². The van der Waals surface area contributed by atoms with Crippen molar-refractivity contribution < 1.29 is 0 Å². The van der Waals surface area contributed by atoms with E-state index in [0.29, 0.717) is 17.5 Å². The molecule has 12 rings (SSSR count). The van der Waals surface area contributed by atoms with E-state index in [2.05, 4.69) is 185 Å². The Morgan fingerprint density at radius 3 is 1.26 bits per heavy atom. The largest absolute Gasteiger partial charge is 0.208 e. The van der Waals surface area contributed by atoms with Crippen molar-refractivity contribution in [3.63, 3.8) is 0 Å². The van der Waals surface area contributed by atoms with Crippen LogP contribution < -0.4 is 0 Å². The molecule has 0 aliphatic heterocycles. The van der Waals surface area contributed by atoms with Gasteiger partial charge in [-0.25, -0.2) is 15.0 Å². The van der Waals surface area contributed by atoms with Gasteiger partial charge in [0, 0.05) is 27.5 Å². The quantitative estimate of drug-likeness (QED) is 0.175. The summed E-state index contributed by atoms with van der Waals surface area (Å²) in [6.07, 6.45) is 0.870. The first-order valence-corrected chi connectivity index (χ1v) is 21.4. The molecule has 3 heteroatoms. The average Bonchev–Trinajstić information content (AvgIpc) is 3.89. The molecule has 0 bridgehead atoms. The summed E-state index contributed by atoms with van der Waals surface area (Å²) in [5.41, 5.74) is 23.9. The first-order valence-electron chi connectivity index (χ1n) is 21.4. The van der Waals surface area contributed by atoms with Crippen LogP contribution in [0, 0.1) is 0 Å². The van der Waals surface area contributed by atoms with Gasteiger partial charge < -0.3 is 0 Å². The standard InChI is InChI=1S/C58H43N3/c1-57(2)50-25-10-8-19-44(50)46-29-27-37(32-52(46)57)41-22-14-24-43-42-23-13-21-40(48(42)34-49(41)43)36-17-12-18-38(31-36)55-59-54(35-15-6-5-7-16-35)60-56(61-55)39-28-30-47-45-20-9-11-26-51(45)58(3,4)53(47)33-39/h5-33H,34H2,1-4H3. The Balaban J connectivity index is 0.931. The Morgan fingerprint density at radius 2 is 0.672 bits per heavy atom. The number of hydrogen-bond acceptors (Lipinski definition) is 3. The predicted octanol–water partition coefficient (Wildman–Crippen LogP) is 14.4. The van der Waals surface area contributed by atoms with Gasteiger partial charge in [0.05, 0.1) is 0 Å². The van der Waals surface area contributed by atoms with Crippen LogP contribution in [0.3, 0.4) is 0 Å². The number of aromatic nitrogens is 3. The first kappa shape index (κ1) is 35.7. The highest BCUT2D eigenvalue weighted by atomic mass is 15.0. The van der Waals surface area contributed by atoms with Gasteiger partial charge in [-0.1, -0.05) is 185 Å². The van der Waals surface area contributed by atoms with Crippen molar-refractivity contribution in [2.24, 2.45) is 0 Å². The molecule has 0 fully saturated rings. The van der Waals surface area contributed by atoms with Gasteiger partial charge in [0.2, 0.25) is 0 Å². The molecular weight excluding hydrogens is 739 g/mol. The topological polar surface area (TPSA) is 38.7 Å². The van der Waals surface area contributed by atoms with Gasteiger partial charge in [0.1, 0.15) is 0 Å². The monoisotopic (exact) mass is 781 g/mol. The van der Waals surface area contributed by atoms with E-state index in [0.717, 1.165) is 28.7 Å². The highest BCUT2D eigenvalue weighted by Gasteiger charge is 2.37. The molecule has 0 spiro atoms. The van der Waals surface area contributed by atoms with E-state index in [-0.39, 0.29) is 10.8 Å². The van der Waals surface area contributed by atoms with E-state index in [1.807, 2.05) is 18.2 Å². The maximum Gasteiger partial charge on any atom is 0.164 e. The number of hydrogen-bond donors (Lipinski definition) is 0. The second kappa shape index (κ2) is 13.1. The van der Waals surface area contributed by atoms with Gasteiger partial charge in [0.15, 0.2) is 17.5 Å². The fourth-order valence-electron chi connectivity index (χ4n) is 10.7. The molecule has 0 atom stereocenters. The third-order valence-corrected chi connectivity index (χ3v) is 13.8. The molecule has 0 N–H and O–H groups in total. The third-order valence-electron chi connectivity index (χ3n) is 13.8. The van der Waals surface area contributed by atoms with Crippen LogP contribution in [0.1, 0.15) is 61.1 Å². The summed E-state index contributed by atoms with van der Waals surface area (Å²) >= 11 is 0. The molecule has 9 aromatic rings. The number of fused-ring (bicyclic) bond motifs is 9. The molecule has 3 nitrogen and oxygen atoms in total. The summed E-state index contributed by atoms with van der Waals surface area (Å²) in [6.45, 7) is 9.35. The van der Waals surface area contributed by atoms with Crippen LogP contribution in [-0.2, 0) is 17.3 Å². The number of rotatable bonds is 5. The van der Waals surface area contributed by atoms with Crippen molar-refractivity contribution in [3.05, 3.63) is 209 Å². The maximum absolute atomic E-state index is 5.23. The van der Waals surface area contributed by atoms with E-state index in [1.54, 1.807) is 0 Å². The summed E-state index contributed by atoms with van der Waals surface area (Å²) in [4.78, 5) is 15.5. The fourth-order valence-corrected chi connectivity index (χ4v) is 10.7. The van der Waals surface area contributed by atoms with Crippen LogP contribution in [0.5, 0.6) is 0 Å². The highest BCUT2D eigenvalue weighted by Crippen LogP contribution is 2.52. The first-order chi connectivity index (χ1) is 29.7. The van der Waals surface area contributed by atoms with Crippen molar-refractivity contribution in [3.8, 4) is 89.8 Å². The molecule has 0 unspecified atom stereocenters. The zero-order valence-electron chi connectivity index (χ0n) is 34.8. The van der Waals surface area contributed by atoms with Gasteiger partial charge in [-0.15, -0.1) is 0 Å². The van der Waals surface area contributed by atoms with Crippen molar-refractivity contribution >= 4 is 0 Å². The Hall–Kier alpha value is -7.23. The van der Waals surface area contributed by atoms with Crippen molar-refractivity contribution in [2.75, 3.05) is 0 Å². The van der Waals surface area contributed by atoms with Gasteiger partial charge in [-0.05, 0) is 114 Å². The third kappa shape index (κ3) is 5.40. The van der Waals surface area contributed by atoms with E-state index in [9.17, 15) is 0 Å². The van der Waals surface area contributed by atoms with Gasteiger partial charge in [-0.3, -0.25) is 0 Å². The van der Waals surface area contributed by atoms with Crippen molar-refractivity contribution in [1.82, 2.24) is 15.0 Å². The maximum atomic E-state index is 5.23. The SMILES string of the molecule is CC1(C)c2ccccc2-c2ccc(-c3nc(-c4ccccc4)nc(-c4cccc(-c5cccc6c5Cc5c(-c7ccc8c(c7)C(C)(C)c7ccccc7-8)cccc5-6)c4)n3)cc21. The molecule has 8 aromatic carbocycles. The summed E-state index contributed by atoms with van der Waals surface area (Å²) in [7, 11) is 0. The average molecular weight is 782 g/mol. The minimum absolute atomic E-state index is 0.0488. The summed E-state index contributed by atoms with van der Waals surface area (Å²) in [5, 5.41) is 0. The molecule has 0 saturated carbocycles. The Labute approximate surface area is 357 Å². The Bertz CT molecular complexity index is 3280. The molecule has 0 radical (unpaired) electrons. The lowest BCUT2D eigenvalue weighted by Gasteiger charge is -2.22. The lowest BCUT2D eigenvalue weighted by atomic mass is 9.81. The predicted molar refractivity (Wildman–Crippen MR) is 250 cm³/mol. The minimum Gasteiger partial charge on any atom is -0.208 e. The zero-order valence-corrected chi connectivity index (χ0v) is 34.8. The second-order valence-electron chi connectivity index (χ2n) is 18.0. The minimum atomic E-state index is -0.130. The van der Waals surface area contributed by atoms with E-state index in [4.69, 9.17) is 15.0 Å².